The highest BCUT2D eigenvalue weighted by molar-refractivity contribution is 5.96. The summed E-state index contributed by atoms with van der Waals surface area (Å²) in [5.41, 5.74) is 8.63. The summed E-state index contributed by atoms with van der Waals surface area (Å²) in [4.78, 5) is 14.0. The van der Waals surface area contributed by atoms with Crippen molar-refractivity contribution in [3.05, 3.63) is 35.0 Å². The van der Waals surface area contributed by atoms with Gasteiger partial charge in [0, 0.05) is 17.1 Å². The molecule has 0 saturated heterocycles. The molecule has 2 aromatic rings. The van der Waals surface area contributed by atoms with Gasteiger partial charge >= 0.3 is 5.97 Å². The van der Waals surface area contributed by atoms with Gasteiger partial charge in [0.25, 0.3) is 0 Å². The van der Waals surface area contributed by atoms with E-state index < -0.39 is 5.97 Å². The van der Waals surface area contributed by atoms with E-state index in [1.807, 2.05) is 19.2 Å². The van der Waals surface area contributed by atoms with E-state index in [0.717, 1.165) is 28.5 Å². The third-order valence-corrected chi connectivity index (χ3v) is 2.76. The van der Waals surface area contributed by atoms with Crippen molar-refractivity contribution < 1.29 is 9.90 Å². The zero-order valence-electron chi connectivity index (χ0n) is 9.08. The molecule has 0 amide bonds. The fourth-order valence-corrected chi connectivity index (χ4v) is 1.93. The van der Waals surface area contributed by atoms with E-state index >= 15 is 0 Å². The highest BCUT2D eigenvalue weighted by atomic mass is 16.4. The zero-order valence-corrected chi connectivity index (χ0v) is 9.08. The molecule has 0 atom stereocenters. The first kappa shape index (κ1) is 10.7. The number of fused-ring (bicyclic) bond motifs is 1. The van der Waals surface area contributed by atoms with E-state index in [9.17, 15) is 4.79 Å². The van der Waals surface area contributed by atoms with Crippen molar-refractivity contribution in [2.24, 2.45) is 5.73 Å². The molecule has 4 nitrogen and oxygen atoms in total. The fourth-order valence-electron chi connectivity index (χ4n) is 1.93. The van der Waals surface area contributed by atoms with E-state index in [0.29, 0.717) is 12.1 Å². The van der Waals surface area contributed by atoms with E-state index in [2.05, 4.69) is 4.98 Å². The number of nitrogens with two attached hydrogens (primary N) is 1. The number of rotatable bonds is 3. The van der Waals surface area contributed by atoms with Crippen LogP contribution in [0.5, 0.6) is 0 Å². The van der Waals surface area contributed by atoms with E-state index in [-0.39, 0.29) is 0 Å². The third kappa shape index (κ3) is 1.67. The molecular weight excluding hydrogens is 204 g/mol. The van der Waals surface area contributed by atoms with Crippen LogP contribution in [0.15, 0.2) is 18.3 Å². The predicted molar refractivity (Wildman–Crippen MR) is 62.8 cm³/mol. The van der Waals surface area contributed by atoms with E-state index in [1.165, 1.54) is 0 Å². The summed E-state index contributed by atoms with van der Waals surface area (Å²) in [6, 6.07) is 3.58. The van der Waals surface area contributed by atoms with Gasteiger partial charge in [-0.15, -0.1) is 0 Å². The number of carbonyl (C=O) groups is 1. The average molecular weight is 218 g/mol. The van der Waals surface area contributed by atoms with E-state index in [4.69, 9.17) is 10.8 Å². The van der Waals surface area contributed by atoms with E-state index in [1.54, 1.807) is 6.07 Å². The Morgan fingerprint density at radius 1 is 1.50 bits per heavy atom. The van der Waals surface area contributed by atoms with Crippen LogP contribution in [0.25, 0.3) is 10.9 Å². The van der Waals surface area contributed by atoms with Crippen LogP contribution in [0.4, 0.5) is 0 Å². The Hall–Kier alpha value is -1.81. The lowest BCUT2D eigenvalue weighted by Crippen LogP contribution is -2.02. The monoisotopic (exact) mass is 218 g/mol. The minimum absolute atomic E-state index is 0.341. The number of carboxylic acids is 1. The first-order valence-electron chi connectivity index (χ1n) is 5.17. The number of carboxylic acid groups (broad SMARTS) is 1. The topological polar surface area (TPSA) is 79.1 Å². The van der Waals surface area contributed by atoms with Crippen LogP contribution in [-0.4, -0.2) is 22.6 Å². The van der Waals surface area contributed by atoms with Gasteiger partial charge in [-0.25, -0.2) is 4.79 Å². The Morgan fingerprint density at radius 3 is 2.88 bits per heavy atom. The van der Waals surface area contributed by atoms with Crippen molar-refractivity contribution in [1.82, 2.24) is 4.98 Å². The highest BCUT2D eigenvalue weighted by Crippen LogP contribution is 2.23. The van der Waals surface area contributed by atoms with Gasteiger partial charge in [0.05, 0.1) is 5.56 Å². The van der Waals surface area contributed by atoms with Gasteiger partial charge in [-0.3, -0.25) is 0 Å². The van der Waals surface area contributed by atoms with Crippen molar-refractivity contribution in [2.75, 3.05) is 6.54 Å². The van der Waals surface area contributed by atoms with Gasteiger partial charge in [-0.2, -0.15) is 0 Å². The molecule has 1 aromatic carbocycles. The molecule has 84 valence electrons. The second-order valence-electron chi connectivity index (χ2n) is 3.87. The molecule has 0 fully saturated rings. The number of aromatic carboxylic acids is 1. The normalized spacial score (nSPS) is 10.9. The molecular formula is C12H14N2O2. The lowest BCUT2D eigenvalue weighted by atomic mass is 10.0. The molecule has 0 unspecified atom stereocenters. The molecule has 0 aliphatic heterocycles. The van der Waals surface area contributed by atoms with Crippen molar-refractivity contribution in [1.29, 1.82) is 0 Å². The maximum absolute atomic E-state index is 11.0. The van der Waals surface area contributed by atoms with Crippen LogP contribution in [0.3, 0.4) is 0 Å². The molecule has 2 rings (SSSR count). The molecule has 1 heterocycles. The quantitative estimate of drug-likeness (QED) is 0.733. The Bertz CT molecular complexity index is 543. The minimum Gasteiger partial charge on any atom is -0.478 e. The summed E-state index contributed by atoms with van der Waals surface area (Å²) >= 11 is 0. The first-order chi connectivity index (χ1) is 7.63. The first-order valence-corrected chi connectivity index (χ1v) is 5.17. The summed E-state index contributed by atoms with van der Waals surface area (Å²) in [7, 11) is 0. The van der Waals surface area contributed by atoms with Gasteiger partial charge in [0.1, 0.15) is 0 Å². The van der Waals surface area contributed by atoms with Gasteiger partial charge in [-0.1, -0.05) is 0 Å². The van der Waals surface area contributed by atoms with Gasteiger partial charge in [0.2, 0.25) is 0 Å². The van der Waals surface area contributed by atoms with Crippen LogP contribution >= 0.6 is 0 Å². The maximum Gasteiger partial charge on any atom is 0.336 e. The molecule has 0 spiro atoms. The maximum atomic E-state index is 11.0. The third-order valence-electron chi connectivity index (χ3n) is 2.76. The van der Waals surface area contributed by atoms with Gasteiger partial charge in [-0.05, 0) is 43.1 Å². The summed E-state index contributed by atoms with van der Waals surface area (Å²) in [5.74, 6) is -0.894. The van der Waals surface area contributed by atoms with Crippen LogP contribution in [0, 0.1) is 6.92 Å². The number of hydrogen-bond donors (Lipinski definition) is 3. The van der Waals surface area contributed by atoms with Gasteiger partial charge < -0.3 is 15.8 Å². The van der Waals surface area contributed by atoms with Crippen LogP contribution in [-0.2, 0) is 6.42 Å². The van der Waals surface area contributed by atoms with Crippen LogP contribution < -0.4 is 5.73 Å². The summed E-state index contributed by atoms with van der Waals surface area (Å²) in [6.07, 6.45) is 2.69. The average Bonchev–Trinajstić information content (AvgIpc) is 2.60. The number of aromatic amines is 1. The molecule has 4 N–H and O–H groups in total. The molecule has 0 saturated carbocycles. The highest BCUT2D eigenvalue weighted by Gasteiger charge is 2.11. The van der Waals surface area contributed by atoms with Crippen LogP contribution in [0.2, 0.25) is 0 Å². The Balaban J connectivity index is 2.61. The lowest BCUT2D eigenvalue weighted by molar-refractivity contribution is 0.0696. The Morgan fingerprint density at radius 2 is 2.25 bits per heavy atom. The van der Waals surface area contributed by atoms with Crippen LogP contribution in [0.1, 0.15) is 21.5 Å². The standard InChI is InChI=1S/C12H14N2O2/c1-7-4-10-8(2-3-13)6-14-11(10)5-9(7)12(15)16/h4-6,14H,2-3,13H2,1H3,(H,15,16). The smallest absolute Gasteiger partial charge is 0.336 e. The second-order valence-corrected chi connectivity index (χ2v) is 3.87. The molecule has 1 aromatic heterocycles. The van der Waals surface area contributed by atoms with Gasteiger partial charge in [0.15, 0.2) is 0 Å². The molecule has 0 radical (unpaired) electrons. The predicted octanol–water partition coefficient (Wildman–Crippen LogP) is 1.68. The largest absolute Gasteiger partial charge is 0.478 e. The number of hydrogen-bond acceptors (Lipinski definition) is 2. The molecule has 0 aliphatic carbocycles. The lowest BCUT2D eigenvalue weighted by Gasteiger charge is -2.02. The zero-order chi connectivity index (χ0) is 11.7. The number of H-pyrrole nitrogens is 1. The summed E-state index contributed by atoms with van der Waals surface area (Å²) < 4.78 is 0. The molecule has 16 heavy (non-hydrogen) atoms. The molecule has 4 heteroatoms. The summed E-state index contributed by atoms with van der Waals surface area (Å²) in [6.45, 7) is 2.40. The van der Waals surface area contributed by atoms with Crippen molar-refractivity contribution in [3.63, 3.8) is 0 Å². The number of nitrogens with one attached hydrogen (secondary N) is 1. The van der Waals surface area contributed by atoms with Crippen molar-refractivity contribution in [3.8, 4) is 0 Å². The molecule has 0 aliphatic rings. The second kappa shape index (κ2) is 3.98. The Kier molecular flexibility index (Phi) is 2.66. The SMILES string of the molecule is Cc1cc2c(CCN)c[nH]c2cc1C(=O)O. The Labute approximate surface area is 93.1 Å². The number of benzene rings is 1. The van der Waals surface area contributed by atoms with Crippen molar-refractivity contribution >= 4 is 16.9 Å². The fraction of sp³-hybridized carbons (Fsp3) is 0.250. The minimum atomic E-state index is -0.894. The summed E-state index contributed by atoms with van der Waals surface area (Å²) in [5, 5.41) is 10.1. The number of aryl methyl sites for hydroxylation is 1. The van der Waals surface area contributed by atoms with Crippen molar-refractivity contribution in [2.45, 2.75) is 13.3 Å². The number of aromatic nitrogens is 1. The molecule has 0 bridgehead atoms.